The van der Waals surface area contributed by atoms with Crippen LogP contribution in [0, 0.1) is 0 Å². The molecule has 0 unspecified atom stereocenters. The molecule has 0 atom stereocenters. The summed E-state index contributed by atoms with van der Waals surface area (Å²) in [6, 6.07) is 44.4. The Kier molecular flexibility index (Phi) is 8.65. The summed E-state index contributed by atoms with van der Waals surface area (Å²) in [5.41, 5.74) is 0. The molecule has 176 valence electrons. The fourth-order valence-electron chi connectivity index (χ4n) is 4.90. The summed E-state index contributed by atoms with van der Waals surface area (Å²) in [6.07, 6.45) is 7.37. The van der Waals surface area contributed by atoms with Crippen molar-refractivity contribution in [1.29, 1.82) is 0 Å². The average molecular weight is 493 g/mol. The molecule has 0 fully saturated rings. The van der Waals surface area contributed by atoms with E-state index in [1.54, 1.807) is 5.31 Å². The summed E-state index contributed by atoms with van der Waals surface area (Å²) in [5, 5.41) is 8.67. The molecule has 0 bridgehead atoms. The molecule has 0 amide bonds. The Hall–Kier alpha value is -3.04. The molecular formula is C33H34P2. The van der Waals surface area contributed by atoms with Crippen LogP contribution in [0.4, 0.5) is 0 Å². The van der Waals surface area contributed by atoms with Gasteiger partial charge in [0.05, 0.1) is 0 Å². The molecule has 0 spiro atoms. The van der Waals surface area contributed by atoms with Gasteiger partial charge in [0.25, 0.3) is 0 Å². The molecule has 0 saturated heterocycles. The van der Waals surface area contributed by atoms with Crippen LogP contribution < -0.4 is 21.2 Å². The first kappa shape index (κ1) is 25.1. The van der Waals surface area contributed by atoms with Crippen molar-refractivity contribution >= 4 is 36.4 Å². The summed E-state index contributed by atoms with van der Waals surface area (Å²) in [5.74, 6) is 0. The molecule has 0 aliphatic heterocycles. The number of hydrogen-bond donors (Lipinski definition) is 0. The summed E-state index contributed by atoms with van der Waals surface area (Å²) < 4.78 is 0. The van der Waals surface area contributed by atoms with E-state index in [4.69, 9.17) is 0 Å². The number of hydrogen-bond acceptors (Lipinski definition) is 0. The Labute approximate surface area is 212 Å². The van der Waals surface area contributed by atoms with Gasteiger partial charge in [0.2, 0.25) is 0 Å². The average Bonchev–Trinajstić information content (AvgIpc) is 2.94. The second-order valence-electron chi connectivity index (χ2n) is 8.68. The molecular weight excluding hydrogens is 458 g/mol. The molecule has 35 heavy (non-hydrogen) atoms. The van der Waals surface area contributed by atoms with Crippen molar-refractivity contribution in [2.45, 2.75) is 13.3 Å². The molecule has 4 rings (SSSR count). The van der Waals surface area contributed by atoms with E-state index < -0.39 is 15.2 Å². The molecule has 0 aromatic heterocycles. The monoisotopic (exact) mass is 492 g/mol. The van der Waals surface area contributed by atoms with E-state index in [1.807, 2.05) is 6.08 Å². The van der Waals surface area contributed by atoms with Gasteiger partial charge in [0, 0.05) is 0 Å². The summed E-state index contributed by atoms with van der Waals surface area (Å²) in [6.45, 7) is 8.87. The first-order valence-corrected chi connectivity index (χ1v) is 16.1. The maximum absolute atomic E-state index is 4.01. The molecule has 4 aromatic rings. The van der Waals surface area contributed by atoms with Crippen molar-refractivity contribution in [2.24, 2.45) is 0 Å². The zero-order valence-electron chi connectivity index (χ0n) is 20.6. The van der Waals surface area contributed by atoms with Crippen LogP contribution in [0.25, 0.3) is 0 Å². The second kappa shape index (κ2) is 12.1. The van der Waals surface area contributed by atoms with Gasteiger partial charge in [-0.15, -0.1) is 0 Å². The molecule has 0 nitrogen and oxygen atoms in total. The van der Waals surface area contributed by atoms with E-state index in [1.165, 1.54) is 26.5 Å². The van der Waals surface area contributed by atoms with E-state index in [9.17, 15) is 0 Å². The number of allylic oxidation sites excluding steroid dienone is 5. The normalized spacial score (nSPS) is 13.0. The predicted molar refractivity (Wildman–Crippen MR) is 162 cm³/mol. The van der Waals surface area contributed by atoms with Crippen LogP contribution in [0.15, 0.2) is 157 Å². The van der Waals surface area contributed by atoms with Crippen molar-refractivity contribution in [3.05, 3.63) is 157 Å². The zero-order chi connectivity index (χ0) is 24.5. The van der Waals surface area contributed by atoms with Crippen molar-refractivity contribution in [3.63, 3.8) is 0 Å². The van der Waals surface area contributed by atoms with Gasteiger partial charge in [-0.05, 0) is 0 Å². The first-order valence-electron chi connectivity index (χ1n) is 12.2. The topological polar surface area (TPSA) is 0 Å². The molecule has 0 aliphatic carbocycles. The molecule has 0 saturated carbocycles. The third-order valence-electron chi connectivity index (χ3n) is 6.63. The third kappa shape index (κ3) is 5.46. The Balaban J connectivity index is 2.09. The van der Waals surface area contributed by atoms with Crippen LogP contribution in [0.3, 0.4) is 0 Å². The van der Waals surface area contributed by atoms with Gasteiger partial charge in [-0.2, -0.15) is 0 Å². The minimum atomic E-state index is -2.26. The summed E-state index contributed by atoms with van der Waals surface area (Å²) in [7, 11) is -3.00. The van der Waals surface area contributed by atoms with Crippen LogP contribution >= 0.6 is 15.2 Å². The quantitative estimate of drug-likeness (QED) is 0.168. The molecule has 2 heteroatoms. The van der Waals surface area contributed by atoms with Crippen molar-refractivity contribution in [1.82, 2.24) is 0 Å². The van der Waals surface area contributed by atoms with Crippen molar-refractivity contribution in [2.75, 3.05) is 6.66 Å². The van der Waals surface area contributed by atoms with Crippen LogP contribution in [0.2, 0.25) is 0 Å². The Morgan fingerprint density at radius 2 is 1.09 bits per heavy atom. The third-order valence-corrected chi connectivity index (χ3v) is 14.2. The summed E-state index contributed by atoms with van der Waals surface area (Å²) >= 11 is 0. The van der Waals surface area contributed by atoms with Crippen molar-refractivity contribution < 1.29 is 0 Å². The van der Waals surface area contributed by atoms with Gasteiger partial charge in [0.15, 0.2) is 0 Å². The van der Waals surface area contributed by atoms with Gasteiger partial charge in [-0.25, -0.2) is 0 Å². The Morgan fingerprint density at radius 3 is 1.46 bits per heavy atom. The van der Waals surface area contributed by atoms with Gasteiger partial charge in [0.1, 0.15) is 0 Å². The van der Waals surface area contributed by atoms with Crippen LogP contribution in [-0.4, -0.2) is 6.66 Å². The van der Waals surface area contributed by atoms with Gasteiger partial charge in [-0.1, -0.05) is 0 Å². The molecule has 0 heterocycles. The van der Waals surface area contributed by atoms with E-state index >= 15 is 0 Å². The standard InChI is InChI=1S/C33H34P2/c1-4-6-27-32(34(28-19-11-7-12-20-28)29-21-13-8-14-22-29)33(5-2)35(3,30-23-15-9-16-24-30)31-25-17-10-18-26-31/h4,6-27,35H,1,5H2,2-3H3/b27-6-,33-32-. The molecule has 0 radical (unpaired) electrons. The summed E-state index contributed by atoms with van der Waals surface area (Å²) in [4.78, 5) is 0. The zero-order valence-corrected chi connectivity index (χ0v) is 22.5. The van der Waals surface area contributed by atoms with Crippen LogP contribution in [0.5, 0.6) is 0 Å². The molecule has 4 aromatic carbocycles. The fourth-order valence-corrected chi connectivity index (χ4v) is 12.4. The van der Waals surface area contributed by atoms with Gasteiger partial charge < -0.3 is 0 Å². The van der Waals surface area contributed by atoms with Gasteiger partial charge >= 0.3 is 213 Å². The maximum atomic E-state index is 4.01. The molecule has 0 aliphatic rings. The fraction of sp³-hybridized carbons (Fsp3) is 0.0909. The van der Waals surface area contributed by atoms with Crippen LogP contribution in [0.1, 0.15) is 13.3 Å². The SMILES string of the molecule is C=C/C=C\C(=C(/CC)[PH](C)(c1ccccc1)c1ccccc1)P(c1ccccc1)c1ccccc1. The van der Waals surface area contributed by atoms with Gasteiger partial charge in [-0.3, -0.25) is 0 Å². The van der Waals surface area contributed by atoms with E-state index in [2.05, 4.69) is 154 Å². The number of benzene rings is 4. The number of rotatable bonds is 9. The second-order valence-corrected chi connectivity index (χ2v) is 14.9. The minimum absolute atomic E-state index is 0.736. The van der Waals surface area contributed by atoms with E-state index in [0.29, 0.717) is 0 Å². The Morgan fingerprint density at radius 1 is 0.686 bits per heavy atom. The first-order chi connectivity index (χ1) is 17.2. The van der Waals surface area contributed by atoms with E-state index in [0.717, 1.165) is 6.42 Å². The van der Waals surface area contributed by atoms with E-state index in [-0.39, 0.29) is 0 Å². The van der Waals surface area contributed by atoms with Crippen molar-refractivity contribution in [3.8, 4) is 0 Å². The Bertz CT molecular complexity index is 1200. The molecule has 0 N–H and O–H groups in total. The van der Waals surface area contributed by atoms with Crippen LogP contribution in [-0.2, 0) is 0 Å². The predicted octanol–water partition coefficient (Wildman–Crippen LogP) is 7.51.